The monoisotopic (exact) mass is 274 g/mol. The van der Waals surface area contributed by atoms with E-state index < -0.39 is 30.4 Å². The zero-order valence-electron chi connectivity index (χ0n) is 11.3. The third-order valence-corrected chi connectivity index (χ3v) is 2.48. The molecule has 0 heterocycles. The number of rotatable bonds is 9. The Balaban J connectivity index is 3.87. The van der Waals surface area contributed by atoms with Crippen molar-refractivity contribution in [2.24, 2.45) is 5.92 Å². The summed E-state index contributed by atoms with van der Waals surface area (Å²) in [5.41, 5.74) is 0. The van der Waals surface area contributed by atoms with Crippen molar-refractivity contribution in [2.45, 2.75) is 45.6 Å². The predicted octanol–water partition coefficient (Wildman–Crippen LogP) is 1.04. The Hall–Kier alpha value is -1.79. The highest BCUT2D eigenvalue weighted by molar-refractivity contribution is 5.86. The molecular formula is C12H22N2O5. The molecule has 0 radical (unpaired) electrons. The fourth-order valence-electron chi connectivity index (χ4n) is 1.46. The molecule has 0 aliphatic rings. The number of hydrogen-bond acceptors (Lipinski definition) is 3. The number of unbranched alkanes of at least 4 members (excludes halogenated alkanes) is 1. The number of hydrogen-bond donors (Lipinski definition) is 4. The number of carbonyl (C=O) groups is 3. The molecule has 0 aromatic carbocycles. The second kappa shape index (κ2) is 9.18. The molecule has 7 heteroatoms. The van der Waals surface area contributed by atoms with Crippen molar-refractivity contribution in [1.29, 1.82) is 0 Å². The normalized spacial score (nSPS) is 11.9. The Morgan fingerprint density at radius 3 is 2.21 bits per heavy atom. The minimum absolute atomic E-state index is 0.442. The van der Waals surface area contributed by atoms with Crippen molar-refractivity contribution < 1.29 is 24.6 Å². The lowest BCUT2D eigenvalue weighted by molar-refractivity contribution is -0.145. The third kappa shape index (κ3) is 9.87. The molecule has 4 N–H and O–H groups in total. The standard InChI is InChI=1S/C12H22N2O5/c1-8(2)5-3-4-6-13-12(19)14-9(11(17)18)7-10(15)16/h8-9H,3-7H2,1-2H3,(H,15,16)(H,17,18)(H2,13,14,19)/t9-/m1/s1. The third-order valence-electron chi connectivity index (χ3n) is 2.48. The van der Waals surface area contributed by atoms with Crippen LogP contribution in [0, 0.1) is 5.92 Å². The molecular weight excluding hydrogens is 252 g/mol. The maximum absolute atomic E-state index is 11.4. The van der Waals surface area contributed by atoms with Crippen LogP contribution in [0.3, 0.4) is 0 Å². The fourth-order valence-corrected chi connectivity index (χ4v) is 1.46. The van der Waals surface area contributed by atoms with Crippen molar-refractivity contribution in [1.82, 2.24) is 10.6 Å². The van der Waals surface area contributed by atoms with E-state index in [9.17, 15) is 14.4 Å². The van der Waals surface area contributed by atoms with E-state index in [4.69, 9.17) is 10.2 Å². The smallest absolute Gasteiger partial charge is 0.326 e. The Morgan fingerprint density at radius 1 is 1.11 bits per heavy atom. The number of urea groups is 1. The van der Waals surface area contributed by atoms with Crippen LogP contribution in [0.4, 0.5) is 4.79 Å². The van der Waals surface area contributed by atoms with Gasteiger partial charge in [-0.3, -0.25) is 4.79 Å². The van der Waals surface area contributed by atoms with E-state index in [1.165, 1.54) is 0 Å². The van der Waals surface area contributed by atoms with E-state index in [0.29, 0.717) is 12.5 Å². The summed E-state index contributed by atoms with van der Waals surface area (Å²) in [6.45, 7) is 4.67. The Bertz CT molecular complexity index is 317. The van der Waals surface area contributed by atoms with E-state index in [-0.39, 0.29) is 0 Å². The molecule has 0 aliphatic carbocycles. The first kappa shape index (κ1) is 17.2. The molecule has 110 valence electrons. The fraction of sp³-hybridized carbons (Fsp3) is 0.750. The lowest BCUT2D eigenvalue weighted by atomic mass is 10.1. The molecule has 0 spiro atoms. The van der Waals surface area contributed by atoms with E-state index >= 15 is 0 Å². The van der Waals surface area contributed by atoms with Gasteiger partial charge in [-0.1, -0.05) is 26.7 Å². The summed E-state index contributed by atoms with van der Waals surface area (Å²) < 4.78 is 0. The number of carboxylic acid groups (broad SMARTS) is 2. The van der Waals surface area contributed by atoms with Crippen molar-refractivity contribution >= 4 is 18.0 Å². The minimum Gasteiger partial charge on any atom is -0.481 e. The number of nitrogens with one attached hydrogen (secondary N) is 2. The van der Waals surface area contributed by atoms with Crippen LogP contribution >= 0.6 is 0 Å². The molecule has 0 rings (SSSR count). The number of carboxylic acids is 2. The van der Waals surface area contributed by atoms with Gasteiger partial charge in [-0.25, -0.2) is 9.59 Å². The van der Waals surface area contributed by atoms with Crippen molar-refractivity contribution in [3.05, 3.63) is 0 Å². The van der Waals surface area contributed by atoms with Gasteiger partial charge < -0.3 is 20.8 Å². The van der Waals surface area contributed by atoms with Gasteiger partial charge in [0, 0.05) is 6.54 Å². The van der Waals surface area contributed by atoms with Crippen molar-refractivity contribution in [3.63, 3.8) is 0 Å². The van der Waals surface area contributed by atoms with Gasteiger partial charge in [0.05, 0.1) is 6.42 Å². The van der Waals surface area contributed by atoms with Gasteiger partial charge in [-0.2, -0.15) is 0 Å². The van der Waals surface area contributed by atoms with Crippen LogP contribution in [-0.2, 0) is 9.59 Å². The summed E-state index contributed by atoms with van der Waals surface area (Å²) in [6, 6.07) is -2.06. The molecule has 0 aromatic heterocycles. The highest BCUT2D eigenvalue weighted by Crippen LogP contribution is 2.04. The summed E-state index contributed by atoms with van der Waals surface area (Å²) in [7, 11) is 0. The van der Waals surface area contributed by atoms with Crippen LogP contribution in [0.15, 0.2) is 0 Å². The summed E-state index contributed by atoms with van der Waals surface area (Å²) in [6.07, 6.45) is 2.22. The first-order chi connectivity index (χ1) is 8.82. The molecule has 7 nitrogen and oxygen atoms in total. The van der Waals surface area contributed by atoms with Crippen molar-refractivity contribution in [2.75, 3.05) is 6.54 Å². The number of aliphatic carboxylic acids is 2. The molecule has 0 fully saturated rings. The molecule has 2 amide bonds. The molecule has 0 unspecified atom stereocenters. The second-order valence-corrected chi connectivity index (χ2v) is 4.78. The van der Waals surface area contributed by atoms with Gasteiger partial charge in [-0.05, 0) is 12.3 Å². The summed E-state index contributed by atoms with van der Waals surface area (Å²) in [4.78, 5) is 32.5. The molecule has 0 saturated carbocycles. The Kier molecular flexibility index (Phi) is 8.32. The first-order valence-corrected chi connectivity index (χ1v) is 6.32. The summed E-state index contributed by atoms with van der Waals surface area (Å²) in [5.74, 6) is -2.03. The molecule has 0 bridgehead atoms. The molecule has 19 heavy (non-hydrogen) atoms. The highest BCUT2D eigenvalue weighted by Gasteiger charge is 2.22. The van der Waals surface area contributed by atoms with Crippen LogP contribution in [0.5, 0.6) is 0 Å². The maximum atomic E-state index is 11.4. The van der Waals surface area contributed by atoms with Crippen LogP contribution in [0.25, 0.3) is 0 Å². The SMILES string of the molecule is CC(C)CCCCNC(=O)N[C@H](CC(=O)O)C(=O)O. The maximum Gasteiger partial charge on any atom is 0.326 e. The number of carbonyl (C=O) groups excluding carboxylic acids is 1. The number of amides is 2. The first-order valence-electron chi connectivity index (χ1n) is 6.32. The van der Waals surface area contributed by atoms with Gasteiger partial charge in [0.15, 0.2) is 0 Å². The van der Waals surface area contributed by atoms with E-state index in [0.717, 1.165) is 19.3 Å². The summed E-state index contributed by atoms with van der Waals surface area (Å²) >= 11 is 0. The average molecular weight is 274 g/mol. The largest absolute Gasteiger partial charge is 0.481 e. The highest BCUT2D eigenvalue weighted by atomic mass is 16.4. The minimum atomic E-state index is -1.41. The quantitative estimate of drug-likeness (QED) is 0.469. The van der Waals surface area contributed by atoms with Gasteiger partial charge in [0.2, 0.25) is 0 Å². The predicted molar refractivity (Wildman–Crippen MR) is 68.9 cm³/mol. The lowest BCUT2D eigenvalue weighted by Crippen LogP contribution is -2.47. The average Bonchev–Trinajstić information content (AvgIpc) is 2.26. The van der Waals surface area contributed by atoms with E-state index in [2.05, 4.69) is 24.5 Å². The van der Waals surface area contributed by atoms with E-state index in [1.54, 1.807) is 0 Å². The molecule has 0 aromatic rings. The van der Waals surface area contributed by atoms with Gasteiger partial charge >= 0.3 is 18.0 Å². The van der Waals surface area contributed by atoms with E-state index in [1.807, 2.05) is 0 Å². The second-order valence-electron chi connectivity index (χ2n) is 4.78. The molecule has 1 atom stereocenters. The van der Waals surface area contributed by atoms with Crippen LogP contribution in [0.1, 0.15) is 39.5 Å². The van der Waals surface area contributed by atoms with Gasteiger partial charge in [0.25, 0.3) is 0 Å². The zero-order chi connectivity index (χ0) is 14.8. The lowest BCUT2D eigenvalue weighted by Gasteiger charge is -2.13. The van der Waals surface area contributed by atoms with Crippen LogP contribution in [0.2, 0.25) is 0 Å². The molecule has 0 saturated heterocycles. The van der Waals surface area contributed by atoms with Gasteiger partial charge in [0.1, 0.15) is 6.04 Å². The Labute approximate surface area is 112 Å². The summed E-state index contributed by atoms with van der Waals surface area (Å²) in [5, 5.41) is 21.9. The molecule has 0 aliphatic heterocycles. The Morgan fingerprint density at radius 2 is 1.74 bits per heavy atom. The zero-order valence-corrected chi connectivity index (χ0v) is 11.3. The van der Waals surface area contributed by atoms with Gasteiger partial charge in [-0.15, -0.1) is 0 Å². The van der Waals surface area contributed by atoms with Crippen LogP contribution in [-0.4, -0.2) is 40.8 Å². The topological polar surface area (TPSA) is 116 Å². The van der Waals surface area contributed by atoms with Crippen LogP contribution < -0.4 is 10.6 Å². The van der Waals surface area contributed by atoms with Crippen molar-refractivity contribution in [3.8, 4) is 0 Å².